The molecule has 0 bridgehead atoms. The van der Waals surface area contributed by atoms with Gasteiger partial charge in [0.25, 0.3) is 5.91 Å². The molecule has 1 aliphatic rings. The minimum Gasteiger partial charge on any atom is -0.331 e. The molecule has 1 amide bonds. The van der Waals surface area contributed by atoms with Gasteiger partial charge < -0.3 is 9.47 Å². The average Bonchev–Trinajstić information content (AvgIpc) is 2.94. The molecule has 0 unspecified atom stereocenters. The summed E-state index contributed by atoms with van der Waals surface area (Å²) >= 11 is 0. The Morgan fingerprint density at radius 2 is 2.12 bits per heavy atom. The summed E-state index contributed by atoms with van der Waals surface area (Å²) in [5, 5.41) is 8.52. The molecule has 3 rings (SSSR count). The third kappa shape index (κ3) is 3.83. The van der Waals surface area contributed by atoms with Crippen LogP contribution in [0.4, 0.5) is 0 Å². The molecule has 2 heterocycles. The Kier molecular flexibility index (Phi) is 5.27. The summed E-state index contributed by atoms with van der Waals surface area (Å²) in [5.74, 6) is 0.545. The van der Waals surface area contributed by atoms with Gasteiger partial charge in [0, 0.05) is 26.1 Å². The van der Waals surface area contributed by atoms with Gasteiger partial charge in [-0.25, -0.2) is 10.5 Å². The Hall–Kier alpha value is -2.18. The molecule has 1 aromatic carbocycles. The molecule has 128 valence electrons. The summed E-state index contributed by atoms with van der Waals surface area (Å²) in [7, 11) is 2.05. The second-order valence-electron chi connectivity index (χ2n) is 6.30. The molecule has 0 atom stereocenters. The Balaban J connectivity index is 1.73. The van der Waals surface area contributed by atoms with E-state index < -0.39 is 5.91 Å². The van der Waals surface area contributed by atoms with Gasteiger partial charge in [-0.3, -0.25) is 10.0 Å². The Labute approximate surface area is 141 Å². The van der Waals surface area contributed by atoms with Crippen molar-refractivity contribution in [3.63, 3.8) is 0 Å². The molecule has 0 aliphatic carbocycles. The average molecular weight is 328 g/mol. The zero-order chi connectivity index (χ0) is 16.9. The number of rotatable bonds is 5. The van der Waals surface area contributed by atoms with Crippen LogP contribution in [0, 0.1) is 0 Å². The highest BCUT2D eigenvalue weighted by molar-refractivity contribution is 5.91. The van der Waals surface area contributed by atoms with E-state index >= 15 is 0 Å². The zero-order valence-electron chi connectivity index (χ0n) is 14.0. The monoisotopic (exact) mass is 328 g/mol. The molecule has 6 nitrogen and oxygen atoms in total. The van der Waals surface area contributed by atoms with E-state index in [9.17, 15) is 4.79 Å². The highest BCUT2D eigenvalue weighted by Crippen LogP contribution is 2.18. The van der Waals surface area contributed by atoms with Crippen molar-refractivity contribution in [2.45, 2.75) is 25.7 Å². The van der Waals surface area contributed by atoms with E-state index in [1.165, 1.54) is 38.4 Å². The van der Waals surface area contributed by atoms with Crippen LogP contribution in [0.5, 0.6) is 0 Å². The molecule has 0 radical (unpaired) electrons. The van der Waals surface area contributed by atoms with Crippen molar-refractivity contribution in [1.82, 2.24) is 19.9 Å². The molecule has 24 heavy (non-hydrogen) atoms. The van der Waals surface area contributed by atoms with Crippen molar-refractivity contribution >= 4 is 23.0 Å². The minimum atomic E-state index is -0.543. The summed E-state index contributed by atoms with van der Waals surface area (Å²) in [6.45, 7) is 3.46. The zero-order valence-corrected chi connectivity index (χ0v) is 14.0. The topological polar surface area (TPSA) is 70.4 Å². The highest BCUT2D eigenvalue weighted by atomic mass is 16.5. The quantitative estimate of drug-likeness (QED) is 0.501. The summed E-state index contributed by atoms with van der Waals surface area (Å²) in [6.07, 6.45) is 7.87. The number of aryl methyl sites for hydroxylation is 1. The Morgan fingerprint density at radius 1 is 1.33 bits per heavy atom. The van der Waals surface area contributed by atoms with Crippen LogP contribution in [-0.4, -0.2) is 45.2 Å². The molecule has 6 heteroatoms. The molecule has 1 aromatic heterocycles. The summed E-state index contributed by atoms with van der Waals surface area (Å²) < 4.78 is 2.15. The van der Waals surface area contributed by atoms with E-state index in [1.54, 1.807) is 11.6 Å². The van der Waals surface area contributed by atoms with Gasteiger partial charge in [-0.1, -0.05) is 12.5 Å². The number of aromatic nitrogens is 2. The van der Waals surface area contributed by atoms with Crippen LogP contribution >= 0.6 is 0 Å². The van der Waals surface area contributed by atoms with Gasteiger partial charge in [-0.15, -0.1) is 0 Å². The number of fused-ring (bicyclic) bond motifs is 1. The fourth-order valence-corrected chi connectivity index (χ4v) is 3.24. The molecule has 0 saturated carbocycles. The normalized spacial score (nSPS) is 16.1. The Morgan fingerprint density at radius 3 is 2.88 bits per heavy atom. The minimum absolute atomic E-state index is 0.543. The van der Waals surface area contributed by atoms with Crippen LogP contribution in [0.25, 0.3) is 17.1 Å². The SMILES string of the molecule is Cn1c(CCN2CCCCC2)nc2cc(C=CC(=O)NO)ccc21. The lowest BCUT2D eigenvalue weighted by molar-refractivity contribution is -0.124. The molecule has 0 spiro atoms. The smallest absolute Gasteiger partial charge is 0.267 e. The standard InChI is InChI=1S/C18H24N4O2/c1-21-16-7-5-14(6-8-18(23)20-24)13-15(16)19-17(21)9-12-22-10-3-2-4-11-22/h5-8,13,24H,2-4,9-12H2,1H3,(H,20,23). The van der Waals surface area contributed by atoms with Gasteiger partial charge in [-0.05, 0) is 49.7 Å². The number of piperidine rings is 1. The van der Waals surface area contributed by atoms with Gasteiger partial charge in [0.1, 0.15) is 5.82 Å². The number of benzene rings is 1. The number of carbonyl (C=O) groups excluding carboxylic acids is 1. The van der Waals surface area contributed by atoms with E-state index in [-0.39, 0.29) is 0 Å². The van der Waals surface area contributed by atoms with Crippen molar-refractivity contribution in [3.8, 4) is 0 Å². The lowest BCUT2D eigenvalue weighted by Gasteiger charge is -2.26. The van der Waals surface area contributed by atoms with Gasteiger partial charge in [0.15, 0.2) is 0 Å². The van der Waals surface area contributed by atoms with Crippen LogP contribution in [0.15, 0.2) is 24.3 Å². The van der Waals surface area contributed by atoms with Crippen molar-refractivity contribution in [2.24, 2.45) is 7.05 Å². The summed E-state index contributed by atoms with van der Waals surface area (Å²) in [4.78, 5) is 18.3. The number of hydrogen-bond acceptors (Lipinski definition) is 4. The maximum atomic E-state index is 11.1. The van der Waals surface area contributed by atoms with Crippen LogP contribution in [0.2, 0.25) is 0 Å². The first kappa shape index (κ1) is 16.7. The fourth-order valence-electron chi connectivity index (χ4n) is 3.24. The first-order valence-electron chi connectivity index (χ1n) is 8.47. The Bertz CT molecular complexity index is 745. The summed E-state index contributed by atoms with van der Waals surface area (Å²) in [6, 6.07) is 5.92. The van der Waals surface area contributed by atoms with Gasteiger partial charge >= 0.3 is 0 Å². The van der Waals surface area contributed by atoms with E-state index in [2.05, 4.69) is 16.5 Å². The predicted molar refractivity (Wildman–Crippen MR) is 93.7 cm³/mol. The maximum Gasteiger partial charge on any atom is 0.267 e. The number of nitrogens with zero attached hydrogens (tertiary/aromatic N) is 3. The number of likely N-dealkylation sites (tertiary alicyclic amines) is 1. The third-order valence-corrected chi connectivity index (χ3v) is 4.64. The molecule has 1 aliphatic heterocycles. The summed E-state index contributed by atoms with van der Waals surface area (Å²) in [5.41, 5.74) is 4.48. The lowest BCUT2D eigenvalue weighted by atomic mass is 10.1. The van der Waals surface area contributed by atoms with Crippen LogP contribution < -0.4 is 5.48 Å². The van der Waals surface area contributed by atoms with Crippen molar-refractivity contribution in [3.05, 3.63) is 35.7 Å². The molecular weight excluding hydrogens is 304 g/mol. The maximum absolute atomic E-state index is 11.1. The molecule has 1 saturated heterocycles. The lowest BCUT2D eigenvalue weighted by Crippen LogP contribution is -2.31. The number of carbonyl (C=O) groups is 1. The van der Waals surface area contributed by atoms with Gasteiger partial charge in [-0.2, -0.15) is 0 Å². The van der Waals surface area contributed by atoms with Crippen molar-refractivity contribution in [1.29, 1.82) is 0 Å². The first-order valence-corrected chi connectivity index (χ1v) is 8.47. The number of hydroxylamine groups is 1. The number of hydrogen-bond donors (Lipinski definition) is 2. The van der Waals surface area contributed by atoms with Gasteiger partial charge in [0.05, 0.1) is 11.0 Å². The predicted octanol–water partition coefficient (Wildman–Crippen LogP) is 2.12. The number of nitrogens with one attached hydrogen (secondary N) is 1. The van der Waals surface area contributed by atoms with Crippen LogP contribution in [0.1, 0.15) is 30.7 Å². The van der Waals surface area contributed by atoms with Crippen LogP contribution in [0.3, 0.4) is 0 Å². The highest BCUT2D eigenvalue weighted by Gasteiger charge is 2.13. The second kappa shape index (κ2) is 7.59. The van der Waals surface area contributed by atoms with E-state index in [1.807, 2.05) is 18.2 Å². The third-order valence-electron chi connectivity index (χ3n) is 4.64. The molecule has 2 N–H and O–H groups in total. The van der Waals surface area contributed by atoms with Crippen molar-refractivity contribution < 1.29 is 10.0 Å². The van der Waals surface area contributed by atoms with Crippen molar-refractivity contribution in [2.75, 3.05) is 19.6 Å². The fraction of sp³-hybridized carbons (Fsp3) is 0.444. The van der Waals surface area contributed by atoms with Crippen LogP contribution in [-0.2, 0) is 18.3 Å². The second-order valence-corrected chi connectivity index (χ2v) is 6.30. The van der Waals surface area contributed by atoms with Gasteiger partial charge in [0.2, 0.25) is 0 Å². The number of amides is 1. The van der Waals surface area contributed by atoms with E-state index in [0.717, 1.165) is 35.4 Å². The molecule has 1 fully saturated rings. The largest absolute Gasteiger partial charge is 0.331 e. The van der Waals surface area contributed by atoms with E-state index in [4.69, 9.17) is 10.2 Å². The molecule has 2 aromatic rings. The number of imidazole rings is 1. The molecular formula is C18H24N4O2. The first-order chi connectivity index (χ1) is 11.7. The van der Waals surface area contributed by atoms with E-state index in [0.29, 0.717) is 0 Å².